The predicted octanol–water partition coefficient (Wildman–Crippen LogP) is 6.74. The summed E-state index contributed by atoms with van der Waals surface area (Å²) >= 11 is 0. The van der Waals surface area contributed by atoms with Crippen LogP contribution < -0.4 is 4.74 Å². The molecule has 2 aromatic rings. The summed E-state index contributed by atoms with van der Waals surface area (Å²) in [6, 6.07) is 16.2. The van der Waals surface area contributed by atoms with Crippen molar-refractivity contribution in [1.29, 1.82) is 0 Å². The Morgan fingerprint density at radius 1 is 0.710 bits per heavy atom. The molecule has 2 aromatic carbocycles. The minimum Gasteiger partial charge on any atom is -0.478 e. The first kappa shape index (κ1) is 25.4. The van der Waals surface area contributed by atoms with Crippen LogP contribution in [0.2, 0.25) is 0 Å². The van der Waals surface area contributed by atoms with Gasteiger partial charge in [-0.15, -0.1) is 0 Å². The standard InChI is InChI=1S/C26H38O4S/c1-7-25(5,8-2)23-15-11-21(12-16-23)22-13-17-24(18-14-22)29-19-31(27,28)20-30-26(6,9-3)10-4/h11-18H,7-10,19-20H2,1-6H3. The zero-order valence-corrected chi connectivity index (χ0v) is 20.7. The molecule has 0 heterocycles. The molecule has 0 bridgehead atoms. The molecule has 0 atom stereocenters. The first-order chi connectivity index (χ1) is 14.6. The largest absolute Gasteiger partial charge is 0.478 e. The van der Waals surface area contributed by atoms with E-state index in [-0.39, 0.29) is 11.4 Å². The fraction of sp³-hybridized carbons (Fsp3) is 0.538. The number of rotatable bonds is 12. The summed E-state index contributed by atoms with van der Waals surface area (Å²) in [5, 5.41) is 0. The fourth-order valence-electron chi connectivity index (χ4n) is 3.34. The summed E-state index contributed by atoms with van der Waals surface area (Å²) in [6.07, 6.45) is 3.74. The van der Waals surface area contributed by atoms with Crippen LogP contribution in [0.4, 0.5) is 0 Å². The lowest BCUT2D eigenvalue weighted by Gasteiger charge is -2.27. The molecular formula is C26H38O4S. The molecule has 172 valence electrons. The average Bonchev–Trinajstić information content (AvgIpc) is 2.81. The molecule has 0 aliphatic rings. The van der Waals surface area contributed by atoms with Crippen LogP contribution in [0.15, 0.2) is 48.5 Å². The third-order valence-electron chi connectivity index (χ3n) is 6.82. The highest BCUT2D eigenvalue weighted by molar-refractivity contribution is 7.91. The first-order valence-corrected chi connectivity index (χ1v) is 13.1. The molecule has 31 heavy (non-hydrogen) atoms. The van der Waals surface area contributed by atoms with Crippen molar-refractivity contribution in [3.63, 3.8) is 0 Å². The smallest absolute Gasteiger partial charge is 0.209 e. The van der Waals surface area contributed by atoms with Gasteiger partial charge in [0, 0.05) is 0 Å². The second-order valence-corrected chi connectivity index (χ2v) is 10.8. The molecule has 0 radical (unpaired) electrons. The molecular weight excluding hydrogens is 408 g/mol. The van der Waals surface area contributed by atoms with Crippen molar-refractivity contribution >= 4 is 9.84 Å². The molecule has 0 aliphatic heterocycles. The lowest BCUT2D eigenvalue weighted by atomic mass is 9.77. The second-order valence-electron chi connectivity index (χ2n) is 8.79. The van der Waals surface area contributed by atoms with E-state index in [2.05, 4.69) is 45.0 Å². The van der Waals surface area contributed by atoms with Gasteiger partial charge in [0.2, 0.25) is 9.84 Å². The van der Waals surface area contributed by atoms with Gasteiger partial charge in [0.25, 0.3) is 0 Å². The van der Waals surface area contributed by atoms with Gasteiger partial charge in [0.05, 0.1) is 5.60 Å². The van der Waals surface area contributed by atoms with Crippen molar-refractivity contribution in [3.05, 3.63) is 54.1 Å². The van der Waals surface area contributed by atoms with Crippen LogP contribution in [-0.4, -0.2) is 25.9 Å². The Labute approximate surface area is 188 Å². The van der Waals surface area contributed by atoms with Gasteiger partial charge in [0.15, 0.2) is 11.9 Å². The molecule has 0 spiro atoms. The van der Waals surface area contributed by atoms with E-state index in [0.29, 0.717) is 5.75 Å². The molecule has 0 fully saturated rings. The van der Waals surface area contributed by atoms with Crippen molar-refractivity contribution in [2.24, 2.45) is 0 Å². The van der Waals surface area contributed by atoms with Crippen LogP contribution in [0.3, 0.4) is 0 Å². The van der Waals surface area contributed by atoms with Crippen LogP contribution in [0.5, 0.6) is 5.75 Å². The van der Waals surface area contributed by atoms with Crippen LogP contribution >= 0.6 is 0 Å². The van der Waals surface area contributed by atoms with Crippen LogP contribution in [0, 0.1) is 0 Å². The molecule has 0 unspecified atom stereocenters. The lowest BCUT2D eigenvalue weighted by molar-refractivity contribution is -0.0129. The number of hydrogen-bond acceptors (Lipinski definition) is 4. The molecule has 2 rings (SSSR count). The summed E-state index contributed by atoms with van der Waals surface area (Å²) in [5.41, 5.74) is 3.34. The Bertz CT molecular complexity index is 907. The summed E-state index contributed by atoms with van der Waals surface area (Å²) in [5.74, 6) is -0.191. The number of hydrogen-bond donors (Lipinski definition) is 0. The molecule has 0 N–H and O–H groups in total. The van der Waals surface area contributed by atoms with Gasteiger partial charge >= 0.3 is 0 Å². The maximum atomic E-state index is 12.3. The Kier molecular flexibility index (Phi) is 8.73. The monoisotopic (exact) mass is 446 g/mol. The van der Waals surface area contributed by atoms with Crippen LogP contribution in [-0.2, 0) is 20.0 Å². The highest BCUT2D eigenvalue weighted by Crippen LogP contribution is 2.32. The third kappa shape index (κ3) is 6.81. The maximum absolute atomic E-state index is 12.3. The van der Waals surface area contributed by atoms with Crippen molar-refractivity contribution < 1.29 is 17.9 Å². The first-order valence-electron chi connectivity index (χ1n) is 11.3. The summed E-state index contributed by atoms with van der Waals surface area (Å²) < 4.78 is 35.7. The molecule has 0 saturated heterocycles. The van der Waals surface area contributed by atoms with E-state index in [4.69, 9.17) is 9.47 Å². The molecule has 0 aromatic heterocycles. The molecule has 4 nitrogen and oxygen atoms in total. The highest BCUT2D eigenvalue weighted by Gasteiger charge is 2.24. The summed E-state index contributed by atoms with van der Waals surface area (Å²) in [7, 11) is -3.46. The van der Waals surface area contributed by atoms with Gasteiger partial charge in [-0.05, 0) is 66.8 Å². The van der Waals surface area contributed by atoms with Gasteiger partial charge < -0.3 is 9.47 Å². The Morgan fingerprint density at radius 2 is 1.19 bits per heavy atom. The zero-order chi connectivity index (χ0) is 23.1. The zero-order valence-electron chi connectivity index (χ0n) is 19.9. The normalized spacial score (nSPS) is 12.7. The molecule has 0 amide bonds. The van der Waals surface area contributed by atoms with E-state index in [1.807, 2.05) is 45.0 Å². The molecule has 5 heteroatoms. The van der Waals surface area contributed by atoms with E-state index in [1.54, 1.807) is 0 Å². The van der Waals surface area contributed by atoms with Gasteiger partial charge in [-0.2, -0.15) is 0 Å². The number of ether oxygens (including phenoxy) is 2. The van der Waals surface area contributed by atoms with Crippen molar-refractivity contribution in [2.75, 3.05) is 11.9 Å². The quantitative estimate of drug-likeness (QED) is 0.362. The topological polar surface area (TPSA) is 52.6 Å². The Balaban J connectivity index is 1.99. The van der Waals surface area contributed by atoms with E-state index < -0.39 is 21.4 Å². The fourth-order valence-corrected chi connectivity index (χ4v) is 4.19. The van der Waals surface area contributed by atoms with Crippen molar-refractivity contribution in [3.8, 4) is 16.9 Å². The third-order valence-corrected chi connectivity index (χ3v) is 7.77. The average molecular weight is 447 g/mol. The Morgan fingerprint density at radius 3 is 1.65 bits per heavy atom. The SMILES string of the molecule is CCC(C)(CC)OCS(=O)(=O)COc1ccc(-c2ccc(C(C)(CC)CC)cc2)cc1. The minimum atomic E-state index is -3.46. The number of sulfone groups is 1. The van der Waals surface area contributed by atoms with Crippen molar-refractivity contribution in [1.82, 2.24) is 0 Å². The molecule has 0 saturated carbocycles. The summed E-state index contributed by atoms with van der Waals surface area (Å²) in [4.78, 5) is 0. The lowest BCUT2D eigenvalue weighted by Crippen LogP contribution is -2.31. The van der Waals surface area contributed by atoms with Gasteiger partial charge in [0.1, 0.15) is 5.75 Å². The van der Waals surface area contributed by atoms with E-state index in [1.165, 1.54) is 5.56 Å². The highest BCUT2D eigenvalue weighted by atomic mass is 32.2. The van der Waals surface area contributed by atoms with Crippen LogP contribution in [0.1, 0.15) is 72.8 Å². The maximum Gasteiger partial charge on any atom is 0.209 e. The van der Waals surface area contributed by atoms with E-state index in [0.717, 1.165) is 36.8 Å². The van der Waals surface area contributed by atoms with Gasteiger partial charge in [-0.1, -0.05) is 71.0 Å². The van der Waals surface area contributed by atoms with Crippen LogP contribution in [0.25, 0.3) is 11.1 Å². The van der Waals surface area contributed by atoms with E-state index >= 15 is 0 Å². The van der Waals surface area contributed by atoms with Crippen molar-refractivity contribution in [2.45, 2.75) is 78.2 Å². The van der Waals surface area contributed by atoms with Gasteiger partial charge in [-0.3, -0.25) is 0 Å². The van der Waals surface area contributed by atoms with E-state index in [9.17, 15) is 8.42 Å². The summed E-state index contributed by atoms with van der Waals surface area (Å²) in [6.45, 7) is 12.7. The minimum absolute atomic E-state index is 0.205. The number of benzene rings is 2. The molecule has 0 aliphatic carbocycles. The predicted molar refractivity (Wildman–Crippen MR) is 129 cm³/mol. The Hall–Kier alpha value is -1.85. The van der Waals surface area contributed by atoms with Gasteiger partial charge in [-0.25, -0.2) is 8.42 Å². The second kappa shape index (κ2) is 10.6.